The van der Waals surface area contributed by atoms with Gasteiger partial charge in [0.25, 0.3) is 5.91 Å². The van der Waals surface area contributed by atoms with Crippen LogP contribution in [-0.4, -0.2) is 50.1 Å². The Morgan fingerprint density at radius 2 is 1.96 bits per heavy atom. The quantitative estimate of drug-likeness (QED) is 0.855. The lowest BCUT2D eigenvalue weighted by Gasteiger charge is -2.38. The van der Waals surface area contributed by atoms with Crippen molar-refractivity contribution >= 4 is 11.6 Å². The van der Waals surface area contributed by atoms with E-state index in [1.807, 2.05) is 30.3 Å². The van der Waals surface area contributed by atoms with Crippen molar-refractivity contribution in [3.63, 3.8) is 0 Å². The van der Waals surface area contributed by atoms with E-state index in [2.05, 4.69) is 15.2 Å². The molecule has 1 spiro atoms. The highest BCUT2D eigenvalue weighted by molar-refractivity contribution is 5.94. The minimum atomic E-state index is -0.409. The molecule has 7 heteroatoms. The Bertz CT molecular complexity index is 826. The molecule has 0 aliphatic carbocycles. The average Bonchev–Trinajstić information content (AvgIpc) is 3.20. The maximum atomic E-state index is 12.6. The van der Waals surface area contributed by atoms with E-state index in [0.717, 1.165) is 42.9 Å². The number of pyridine rings is 1. The molecule has 0 bridgehead atoms. The van der Waals surface area contributed by atoms with Crippen LogP contribution in [0.15, 0.2) is 42.7 Å². The van der Waals surface area contributed by atoms with Crippen molar-refractivity contribution in [1.29, 1.82) is 0 Å². The van der Waals surface area contributed by atoms with E-state index in [1.165, 1.54) is 0 Å². The Kier molecular flexibility index (Phi) is 5.45. The molecule has 0 atom stereocenters. The number of piperidine rings is 1. The Morgan fingerprint density at radius 1 is 1.21 bits per heavy atom. The van der Waals surface area contributed by atoms with Crippen molar-refractivity contribution in [3.8, 4) is 5.75 Å². The lowest BCUT2D eigenvalue weighted by atomic mass is 10.0. The smallest absolute Gasteiger partial charge is 0.253 e. The second-order valence-corrected chi connectivity index (χ2v) is 7.02. The first-order valence-electron chi connectivity index (χ1n) is 9.57. The molecule has 2 saturated heterocycles. The number of rotatable bonds is 5. The van der Waals surface area contributed by atoms with Crippen LogP contribution in [0.4, 0.5) is 5.69 Å². The van der Waals surface area contributed by atoms with Gasteiger partial charge in [-0.1, -0.05) is 18.2 Å². The molecular formula is C21H25N3O4. The molecule has 1 amide bonds. The van der Waals surface area contributed by atoms with Gasteiger partial charge in [-0.2, -0.15) is 0 Å². The summed E-state index contributed by atoms with van der Waals surface area (Å²) in [5.41, 5.74) is 2.42. The molecule has 3 heterocycles. The molecule has 2 aromatic rings. The Hall–Kier alpha value is -2.64. The van der Waals surface area contributed by atoms with Gasteiger partial charge in [0.05, 0.1) is 37.8 Å². The van der Waals surface area contributed by atoms with Crippen LogP contribution in [0.5, 0.6) is 5.75 Å². The SMILES string of the molecule is COc1ccccc1CNC(=O)c1cncc(N2CCC3(CC2)OCCO3)c1. The van der Waals surface area contributed by atoms with Crippen LogP contribution < -0.4 is 15.0 Å². The molecule has 2 aliphatic heterocycles. The number of benzene rings is 1. The number of carbonyl (C=O) groups is 1. The van der Waals surface area contributed by atoms with Crippen LogP contribution in [0.3, 0.4) is 0 Å². The molecule has 2 fully saturated rings. The van der Waals surface area contributed by atoms with Gasteiger partial charge in [-0.15, -0.1) is 0 Å². The molecule has 7 nitrogen and oxygen atoms in total. The van der Waals surface area contributed by atoms with E-state index >= 15 is 0 Å². The fourth-order valence-corrected chi connectivity index (χ4v) is 3.74. The van der Waals surface area contributed by atoms with Gasteiger partial charge in [0.1, 0.15) is 5.75 Å². The largest absolute Gasteiger partial charge is 0.496 e. The number of amides is 1. The van der Waals surface area contributed by atoms with E-state index in [9.17, 15) is 4.79 Å². The van der Waals surface area contributed by atoms with Crippen molar-refractivity contribution in [2.24, 2.45) is 0 Å². The van der Waals surface area contributed by atoms with E-state index < -0.39 is 5.79 Å². The number of aromatic nitrogens is 1. The summed E-state index contributed by atoms with van der Waals surface area (Å²) >= 11 is 0. The first-order valence-corrected chi connectivity index (χ1v) is 9.57. The van der Waals surface area contributed by atoms with E-state index in [0.29, 0.717) is 25.3 Å². The maximum absolute atomic E-state index is 12.6. The van der Waals surface area contributed by atoms with Crippen LogP contribution in [-0.2, 0) is 16.0 Å². The molecule has 1 aromatic carbocycles. The molecule has 2 aliphatic rings. The minimum absolute atomic E-state index is 0.156. The standard InChI is InChI=1S/C21H25N3O4/c1-26-19-5-3-2-4-16(19)14-23-20(25)17-12-18(15-22-13-17)24-8-6-21(7-9-24)27-10-11-28-21/h2-5,12-13,15H,6-11,14H2,1H3,(H,23,25). The number of methoxy groups -OCH3 is 1. The molecule has 4 rings (SSSR count). The van der Waals surface area contributed by atoms with Gasteiger partial charge in [0.15, 0.2) is 5.79 Å². The third-order valence-corrected chi connectivity index (χ3v) is 5.32. The number of nitrogens with one attached hydrogen (secondary N) is 1. The van der Waals surface area contributed by atoms with Crippen LogP contribution in [0, 0.1) is 0 Å². The normalized spacial score (nSPS) is 18.2. The van der Waals surface area contributed by atoms with Crippen molar-refractivity contribution in [1.82, 2.24) is 10.3 Å². The van der Waals surface area contributed by atoms with Gasteiger partial charge in [-0.25, -0.2) is 0 Å². The molecular weight excluding hydrogens is 358 g/mol. The minimum Gasteiger partial charge on any atom is -0.496 e. The summed E-state index contributed by atoms with van der Waals surface area (Å²) in [4.78, 5) is 19.1. The number of hydrogen-bond acceptors (Lipinski definition) is 6. The predicted molar refractivity (Wildman–Crippen MR) is 104 cm³/mol. The summed E-state index contributed by atoms with van der Waals surface area (Å²) in [7, 11) is 1.62. The summed E-state index contributed by atoms with van der Waals surface area (Å²) in [6.45, 7) is 3.36. The highest BCUT2D eigenvalue weighted by Crippen LogP contribution is 2.33. The average molecular weight is 383 g/mol. The predicted octanol–water partition coefficient (Wildman–Crippen LogP) is 2.36. The van der Waals surface area contributed by atoms with Crippen molar-refractivity contribution < 1.29 is 19.0 Å². The highest BCUT2D eigenvalue weighted by Gasteiger charge is 2.39. The third-order valence-electron chi connectivity index (χ3n) is 5.32. The zero-order chi connectivity index (χ0) is 19.4. The van der Waals surface area contributed by atoms with E-state index in [4.69, 9.17) is 14.2 Å². The van der Waals surface area contributed by atoms with Gasteiger partial charge in [0, 0.05) is 44.2 Å². The summed E-state index contributed by atoms with van der Waals surface area (Å²) in [5.74, 6) is 0.192. The molecule has 148 valence electrons. The second-order valence-electron chi connectivity index (χ2n) is 7.02. The fourth-order valence-electron chi connectivity index (χ4n) is 3.74. The van der Waals surface area contributed by atoms with Gasteiger partial charge in [-0.05, 0) is 12.1 Å². The van der Waals surface area contributed by atoms with Crippen LogP contribution in [0.2, 0.25) is 0 Å². The summed E-state index contributed by atoms with van der Waals surface area (Å²) in [5, 5.41) is 2.94. The lowest BCUT2D eigenvalue weighted by molar-refractivity contribution is -0.169. The molecule has 1 N–H and O–H groups in total. The number of carbonyl (C=O) groups excluding carboxylic acids is 1. The number of nitrogens with zero attached hydrogens (tertiary/aromatic N) is 2. The summed E-state index contributed by atoms with van der Waals surface area (Å²) in [6.07, 6.45) is 5.02. The lowest BCUT2D eigenvalue weighted by Crippen LogP contribution is -2.45. The second kappa shape index (κ2) is 8.16. The molecule has 0 saturated carbocycles. The monoisotopic (exact) mass is 383 g/mol. The van der Waals surface area contributed by atoms with Crippen molar-refractivity contribution in [2.45, 2.75) is 25.2 Å². The van der Waals surface area contributed by atoms with Crippen molar-refractivity contribution in [3.05, 3.63) is 53.9 Å². The van der Waals surface area contributed by atoms with E-state index in [1.54, 1.807) is 19.5 Å². The fraction of sp³-hybridized carbons (Fsp3) is 0.429. The van der Waals surface area contributed by atoms with Crippen LogP contribution >= 0.6 is 0 Å². The number of ether oxygens (including phenoxy) is 3. The topological polar surface area (TPSA) is 72.9 Å². The molecule has 0 radical (unpaired) electrons. The summed E-state index contributed by atoms with van der Waals surface area (Å²) < 4.78 is 16.9. The molecule has 1 aromatic heterocycles. The summed E-state index contributed by atoms with van der Waals surface area (Å²) in [6, 6.07) is 9.53. The molecule has 28 heavy (non-hydrogen) atoms. The van der Waals surface area contributed by atoms with Crippen molar-refractivity contribution in [2.75, 3.05) is 38.3 Å². The first kappa shape index (κ1) is 18.7. The van der Waals surface area contributed by atoms with Gasteiger partial charge >= 0.3 is 0 Å². The first-order chi connectivity index (χ1) is 13.7. The van der Waals surface area contributed by atoms with Crippen LogP contribution in [0.25, 0.3) is 0 Å². The van der Waals surface area contributed by atoms with Gasteiger partial charge in [-0.3, -0.25) is 9.78 Å². The molecule has 0 unspecified atom stereocenters. The van der Waals surface area contributed by atoms with Crippen LogP contribution in [0.1, 0.15) is 28.8 Å². The Morgan fingerprint density at radius 3 is 2.71 bits per heavy atom. The zero-order valence-electron chi connectivity index (χ0n) is 16.0. The number of para-hydroxylation sites is 1. The third kappa shape index (κ3) is 3.95. The maximum Gasteiger partial charge on any atom is 0.253 e. The number of anilines is 1. The Labute approximate surface area is 164 Å². The van der Waals surface area contributed by atoms with Gasteiger partial charge in [0.2, 0.25) is 0 Å². The highest BCUT2D eigenvalue weighted by atomic mass is 16.7. The van der Waals surface area contributed by atoms with E-state index in [-0.39, 0.29) is 5.91 Å². The number of hydrogen-bond donors (Lipinski definition) is 1. The zero-order valence-corrected chi connectivity index (χ0v) is 16.0. The van der Waals surface area contributed by atoms with Gasteiger partial charge < -0.3 is 24.4 Å². The Balaban J connectivity index is 1.38.